The summed E-state index contributed by atoms with van der Waals surface area (Å²) in [5.41, 5.74) is 9.65. The monoisotopic (exact) mass is 445 g/mol. The zero-order chi connectivity index (χ0) is 22.8. The van der Waals surface area contributed by atoms with Crippen LogP contribution in [0.5, 0.6) is 0 Å². The van der Waals surface area contributed by atoms with E-state index in [1.807, 2.05) is 31.2 Å². The lowest BCUT2D eigenvalue weighted by molar-refractivity contribution is -0.121. The molecule has 1 saturated heterocycles. The fourth-order valence-corrected chi connectivity index (χ4v) is 5.05. The molecule has 2 aromatic heterocycles. The molecule has 0 bridgehead atoms. The standard InChI is InChI=1S/C25H31N7O/c1-16-2-8-23-21(10-16)25(30-15-29-23)28-12-24(33)31-19-13-32(14-19)20-6-3-17(4-7-20)22-9-5-18(26)11-27-22/h2,5,8-11,15,17,19-20H,3-4,6-7,12-14,26H2,1H3,(H,31,33)(H,28,29,30). The van der Waals surface area contributed by atoms with E-state index in [0.717, 1.165) is 53.8 Å². The highest BCUT2D eigenvalue weighted by atomic mass is 16.2. The second kappa shape index (κ2) is 9.31. The smallest absolute Gasteiger partial charge is 0.239 e. The van der Waals surface area contributed by atoms with Gasteiger partial charge in [0.2, 0.25) is 5.91 Å². The van der Waals surface area contributed by atoms with Crippen LogP contribution in [0.15, 0.2) is 42.9 Å². The summed E-state index contributed by atoms with van der Waals surface area (Å²) in [6.45, 7) is 4.09. The molecule has 1 saturated carbocycles. The van der Waals surface area contributed by atoms with E-state index in [2.05, 4.69) is 36.6 Å². The number of carbonyl (C=O) groups is 1. The van der Waals surface area contributed by atoms with Crippen molar-refractivity contribution in [1.29, 1.82) is 0 Å². The van der Waals surface area contributed by atoms with Crippen molar-refractivity contribution in [3.05, 3.63) is 54.1 Å². The third kappa shape index (κ3) is 4.90. The first kappa shape index (κ1) is 21.6. The summed E-state index contributed by atoms with van der Waals surface area (Å²) in [5, 5.41) is 7.26. The van der Waals surface area contributed by atoms with Gasteiger partial charge in [0.05, 0.1) is 30.0 Å². The third-order valence-corrected chi connectivity index (χ3v) is 6.92. The molecule has 1 aromatic carbocycles. The number of hydrogen-bond acceptors (Lipinski definition) is 7. The van der Waals surface area contributed by atoms with Crippen LogP contribution in [-0.2, 0) is 4.79 Å². The first-order valence-electron chi connectivity index (χ1n) is 11.8. The van der Waals surface area contributed by atoms with Gasteiger partial charge in [-0.25, -0.2) is 9.97 Å². The van der Waals surface area contributed by atoms with E-state index in [1.165, 1.54) is 19.2 Å². The summed E-state index contributed by atoms with van der Waals surface area (Å²) in [6.07, 6.45) is 7.96. The Morgan fingerprint density at radius 2 is 1.91 bits per heavy atom. The molecule has 2 aliphatic rings. The van der Waals surface area contributed by atoms with Crippen LogP contribution in [0.25, 0.3) is 10.9 Å². The van der Waals surface area contributed by atoms with Gasteiger partial charge in [-0.15, -0.1) is 0 Å². The van der Waals surface area contributed by atoms with Crippen LogP contribution in [0.3, 0.4) is 0 Å². The number of hydrogen-bond donors (Lipinski definition) is 3. The van der Waals surface area contributed by atoms with Gasteiger partial charge in [0, 0.05) is 36.1 Å². The number of nitrogens with zero attached hydrogens (tertiary/aromatic N) is 4. The zero-order valence-electron chi connectivity index (χ0n) is 19.0. The average molecular weight is 446 g/mol. The molecule has 0 atom stereocenters. The number of nitrogens with one attached hydrogen (secondary N) is 2. The van der Waals surface area contributed by atoms with Crippen LogP contribution < -0.4 is 16.4 Å². The molecule has 2 fully saturated rings. The topological polar surface area (TPSA) is 109 Å². The Morgan fingerprint density at radius 3 is 2.67 bits per heavy atom. The largest absolute Gasteiger partial charge is 0.397 e. The highest BCUT2D eigenvalue weighted by Gasteiger charge is 2.35. The number of carbonyl (C=O) groups excluding carboxylic acids is 1. The summed E-state index contributed by atoms with van der Waals surface area (Å²) >= 11 is 0. The molecule has 3 aromatic rings. The number of benzene rings is 1. The van der Waals surface area contributed by atoms with E-state index in [9.17, 15) is 4.79 Å². The van der Waals surface area contributed by atoms with Crippen molar-refractivity contribution in [1.82, 2.24) is 25.2 Å². The van der Waals surface area contributed by atoms with Crippen molar-refractivity contribution in [2.24, 2.45) is 0 Å². The van der Waals surface area contributed by atoms with Gasteiger partial charge in [-0.3, -0.25) is 14.7 Å². The highest BCUT2D eigenvalue weighted by Crippen LogP contribution is 2.35. The SMILES string of the molecule is Cc1ccc2ncnc(NCC(=O)NC3CN(C4CCC(c5ccc(N)cn5)CC4)C3)c2c1. The number of nitrogens with two attached hydrogens (primary N) is 1. The van der Waals surface area contributed by atoms with Crippen molar-refractivity contribution < 1.29 is 4.79 Å². The van der Waals surface area contributed by atoms with E-state index in [0.29, 0.717) is 17.8 Å². The van der Waals surface area contributed by atoms with Gasteiger partial charge in [0.15, 0.2) is 0 Å². The zero-order valence-corrected chi connectivity index (χ0v) is 19.0. The molecule has 1 aliphatic carbocycles. The minimum absolute atomic E-state index is 0.00259. The van der Waals surface area contributed by atoms with E-state index < -0.39 is 0 Å². The van der Waals surface area contributed by atoms with E-state index in [1.54, 1.807) is 6.20 Å². The van der Waals surface area contributed by atoms with Crippen LogP contribution in [0.4, 0.5) is 11.5 Å². The van der Waals surface area contributed by atoms with Gasteiger partial charge in [0.1, 0.15) is 12.1 Å². The molecule has 5 rings (SSSR count). The maximum Gasteiger partial charge on any atom is 0.239 e. The van der Waals surface area contributed by atoms with Crippen LogP contribution in [0.2, 0.25) is 0 Å². The summed E-state index contributed by atoms with van der Waals surface area (Å²) in [6, 6.07) is 10.9. The normalized spacial score (nSPS) is 21.5. The van der Waals surface area contributed by atoms with Gasteiger partial charge in [-0.05, 0) is 56.9 Å². The van der Waals surface area contributed by atoms with E-state index in [-0.39, 0.29) is 18.5 Å². The predicted octanol–water partition coefficient (Wildman–Crippen LogP) is 2.85. The number of likely N-dealkylation sites (tertiary alicyclic amines) is 1. The quantitative estimate of drug-likeness (QED) is 0.535. The van der Waals surface area contributed by atoms with Crippen molar-refractivity contribution in [2.45, 2.75) is 50.6 Å². The second-order valence-corrected chi connectivity index (χ2v) is 9.34. The van der Waals surface area contributed by atoms with E-state index in [4.69, 9.17) is 5.73 Å². The number of aromatic nitrogens is 3. The first-order chi connectivity index (χ1) is 16.0. The molecular formula is C25H31N7O. The fourth-order valence-electron chi connectivity index (χ4n) is 5.05. The number of nitrogen functional groups attached to an aromatic ring is 1. The summed E-state index contributed by atoms with van der Waals surface area (Å²) in [7, 11) is 0. The first-order valence-corrected chi connectivity index (χ1v) is 11.8. The molecule has 33 heavy (non-hydrogen) atoms. The van der Waals surface area contributed by atoms with E-state index >= 15 is 0 Å². The molecule has 4 N–H and O–H groups in total. The fraction of sp³-hybridized carbons (Fsp3) is 0.440. The molecule has 8 nitrogen and oxygen atoms in total. The summed E-state index contributed by atoms with van der Waals surface area (Å²) in [4.78, 5) is 28.1. The minimum Gasteiger partial charge on any atom is -0.397 e. The average Bonchev–Trinajstić information content (AvgIpc) is 2.80. The Morgan fingerprint density at radius 1 is 1.09 bits per heavy atom. The van der Waals surface area contributed by atoms with Gasteiger partial charge >= 0.3 is 0 Å². The molecule has 172 valence electrons. The van der Waals surface area contributed by atoms with Gasteiger partial charge < -0.3 is 16.4 Å². The number of pyridine rings is 1. The number of anilines is 2. The third-order valence-electron chi connectivity index (χ3n) is 6.92. The molecule has 8 heteroatoms. The molecular weight excluding hydrogens is 414 g/mol. The molecule has 0 spiro atoms. The lowest BCUT2D eigenvalue weighted by Gasteiger charge is -2.46. The van der Waals surface area contributed by atoms with Crippen molar-refractivity contribution in [2.75, 3.05) is 30.7 Å². The number of amides is 1. The van der Waals surface area contributed by atoms with Crippen LogP contribution >= 0.6 is 0 Å². The lowest BCUT2D eigenvalue weighted by atomic mass is 9.82. The Bertz CT molecular complexity index is 1120. The Kier molecular flexibility index (Phi) is 6.09. The highest BCUT2D eigenvalue weighted by molar-refractivity contribution is 5.91. The molecule has 1 aliphatic heterocycles. The van der Waals surface area contributed by atoms with Crippen molar-refractivity contribution >= 4 is 28.3 Å². The van der Waals surface area contributed by atoms with Crippen LogP contribution in [0.1, 0.15) is 42.9 Å². The number of rotatable bonds is 6. The molecule has 0 radical (unpaired) electrons. The van der Waals surface area contributed by atoms with Crippen molar-refractivity contribution in [3.8, 4) is 0 Å². The predicted molar refractivity (Wildman–Crippen MR) is 130 cm³/mol. The van der Waals surface area contributed by atoms with Gasteiger partial charge in [0.25, 0.3) is 0 Å². The van der Waals surface area contributed by atoms with Crippen LogP contribution in [0, 0.1) is 6.92 Å². The summed E-state index contributed by atoms with van der Waals surface area (Å²) < 4.78 is 0. The maximum absolute atomic E-state index is 12.5. The lowest BCUT2D eigenvalue weighted by Crippen LogP contribution is -2.63. The Labute approximate surface area is 194 Å². The number of fused-ring (bicyclic) bond motifs is 1. The number of aryl methyl sites for hydroxylation is 1. The molecule has 3 heterocycles. The van der Waals surface area contributed by atoms with Crippen LogP contribution in [-0.4, -0.2) is 57.5 Å². The second-order valence-electron chi connectivity index (χ2n) is 9.34. The van der Waals surface area contributed by atoms with Gasteiger partial charge in [-0.1, -0.05) is 11.6 Å². The molecule has 0 unspecified atom stereocenters. The van der Waals surface area contributed by atoms with Gasteiger partial charge in [-0.2, -0.15) is 0 Å². The summed E-state index contributed by atoms with van der Waals surface area (Å²) in [5.74, 6) is 1.23. The Hall–Kier alpha value is -3.26. The Balaban J connectivity index is 1.05. The molecule has 1 amide bonds. The maximum atomic E-state index is 12.5. The minimum atomic E-state index is -0.00259. The van der Waals surface area contributed by atoms with Crippen molar-refractivity contribution in [3.63, 3.8) is 0 Å².